The molecule has 0 amide bonds. The van der Waals surface area contributed by atoms with Gasteiger partial charge in [0.25, 0.3) is 0 Å². The summed E-state index contributed by atoms with van der Waals surface area (Å²) in [5.41, 5.74) is 0.680. The molecule has 4 nitrogen and oxygen atoms in total. The maximum absolute atomic E-state index is 14.1. The van der Waals surface area contributed by atoms with Crippen molar-refractivity contribution in [3.05, 3.63) is 28.5 Å². The van der Waals surface area contributed by atoms with Gasteiger partial charge < -0.3 is 14.3 Å². The monoisotopic (exact) mass is 313 g/mol. The van der Waals surface area contributed by atoms with Crippen LogP contribution in [0.15, 0.2) is 12.1 Å². The fourth-order valence-electron chi connectivity index (χ4n) is 2.74. The number of benzene rings is 1. The van der Waals surface area contributed by atoms with Gasteiger partial charge in [0.15, 0.2) is 16.4 Å². The number of aromatic nitrogens is 2. The largest absolute Gasteiger partial charge is 0.374 e. The maximum Gasteiger partial charge on any atom is 0.184 e. The smallest absolute Gasteiger partial charge is 0.184 e. The Kier molecular flexibility index (Phi) is 4.05. The number of nitrogens with one attached hydrogen (secondary N) is 1. The number of ether oxygens (including phenoxy) is 1. The van der Waals surface area contributed by atoms with Crippen LogP contribution in [0.25, 0.3) is 11.0 Å². The van der Waals surface area contributed by atoms with Crippen molar-refractivity contribution in [2.45, 2.75) is 19.6 Å². The van der Waals surface area contributed by atoms with Gasteiger partial charge in [-0.25, -0.2) is 8.78 Å². The van der Waals surface area contributed by atoms with Crippen LogP contribution in [0.1, 0.15) is 6.92 Å². The zero-order valence-corrected chi connectivity index (χ0v) is 12.6. The zero-order valence-electron chi connectivity index (χ0n) is 11.7. The molecule has 1 aliphatic heterocycles. The van der Waals surface area contributed by atoms with Crippen LogP contribution in [0, 0.1) is 16.4 Å². The summed E-state index contributed by atoms with van der Waals surface area (Å²) in [5, 5.41) is 0. The molecular weight excluding hydrogens is 296 g/mol. The Hall–Kier alpha value is -1.31. The Labute approximate surface area is 126 Å². The molecule has 2 aromatic rings. The molecule has 2 heterocycles. The number of morpholine rings is 1. The molecule has 1 aromatic heterocycles. The lowest BCUT2D eigenvalue weighted by molar-refractivity contribution is -0.0340. The number of hydrogen-bond donors (Lipinski definition) is 1. The van der Waals surface area contributed by atoms with Crippen LogP contribution in [0.5, 0.6) is 0 Å². The molecule has 21 heavy (non-hydrogen) atoms. The molecule has 1 fully saturated rings. The van der Waals surface area contributed by atoms with Crippen LogP contribution in [-0.2, 0) is 11.3 Å². The molecule has 1 aliphatic rings. The number of likely N-dealkylation sites (N-methyl/N-ethyl adjacent to an activating group) is 1. The topological polar surface area (TPSA) is 33.2 Å². The van der Waals surface area contributed by atoms with Crippen molar-refractivity contribution in [3.8, 4) is 0 Å². The van der Waals surface area contributed by atoms with Crippen molar-refractivity contribution in [2.24, 2.45) is 0 Å². The van der Waals surface area contributed by atoms with Crippen LogP contribution in [0.3, 0.4) is 0 Å². The summed E-state index contributed by atoms with van der Waals surface area (Å²) < 4.78 is 35.2. The second kappa shape index (κ2) is 5.82. The highest BCUT2D eigenvalue weighted by Crippen LogP contribution is 2.21. The minimum absolute atomic E-state index is 0.0768. The maximum atomic E-state index is 14.1. The first-order chi connectivity index (χ1) is 10.1. The predicted molar refractivity (Wildman–Crippen MR) is 78.9 cm³/mol. The van der Waals surface area contributed by atoms with E-state index in [0.717, 1.165) is 25.7 Å². The van der Waals surface area contributed by atoms with E-state index in [1.807, 2.05) is 0 Å². The van der Waals surface area contributed by atoms with Gasteiger partial charge in [-0.15, -0.1) is 0 Å². The van der Waals surface area contributed by atoms with Gasteiger partial charge >= 0.3 is 0 Å². The highest BCUT2D eigenvalue weighted by atomic mass is 32.1. The first-order valence-corrected chi connectivity index (χ1v) is 7.41. The van der Waals surface area contributed by atoms with Gasteiger partial charge in [0.05, 0.1) is 24.8 Å². The Balaban J connectivity index is 1.95. The molecule has 1 aromatic carbocycles. The summed E-state index contributed by atoms with van der Waals surface area (Å²) in [7, 11) is 0. The summed E-state index contributed by atoms with van der Waals surface area (Å²) in [4.78, 5) is 5.18. The van der Waals surface area contributed by atoms with Crippen molar-refractivity contribution < 1.29 is 13.5 Å². The van der Waals surface area contributed by atoms with Crippen LogP contribution < -0.4 is 0 Å². The molecule has 114 valence electrons. The fourth-order valence-corrected chi connectivity index (χ4v) is 3.02. The normalized spacial score (nSPS) is 20.2. The summed E-state index contributed by atoms with van der Waals surface area (Å²) >= 11 is 5.23. The second-order valence-corrected chi connectivity index (χ2v) is 5.57. The van der Waals surface area contributed by atoms with Crippen LogP contribution in [0.2, 0.25) is 0 Å². The van der Waals surface area contributed by atoms with E-state index in [1.165, 1.54) is 6.07 Å². The van der Waals surface area contributed by atoms with Gasteiger partial charge in [0, 0.05) is 13.1 Å². The van der Waals surface area contributed by atoms with E-state index in [9.17, 15) is 8.78 Å². The Morgan fingerprint density at radius 3 is 3.00 bits per heavy atom. The molecule has 0 bridgehead atoms. The van der Waals surface area contributed by atoms with Crippen LogP contribution in [-0.4, -0.2) is 46.8 Å². The number of halogens is 2. The Morgan fingerprint density at radius 1 is 1.43 bits per heavy atom. The van der Waals surface area contributed by atoms with Crippen LogP contribution in [0.4, 0.5) is 8.78 Å². The third-order valence-corrected chi connectivity index (χ3v) is 4.20. The lowest BCUT2D eigenvalue weighted by Crippen LogP contribution is -2.44. The number of rotatable bonds is 3. The predicted octanol–water partition coefficient (Wildman–Crippen LogP) is 2.70. The second-order valence-electron chi connectivity index (χ2n) is 5.18. The molecule has 1 N–H and O–H groups in total. The molecule has 3 rings (SSSR count). The summed E-state index contributed by atoms with van der Waals surface area (Å²) in [6.45, 7) is 5.76. The number of imidazole rings is 1. The number of nitrogens with zero attached hydrogens (tertiary/aromatic N) is 2. The number of H-pyrrole nitrogens is 1. The van der Waals surface area contributed by atoms with E-state index in [1.54, 1.807) is 4.57 Å². The molecule has 1 atom stereocenters. The van der Waals surface area contributed by atoms with Crippen molar-refractivity contribution in [1.82, 2.24) is 14.5 Å². The van der Waals surface area contributed by atoms with E-state index in [0.29, 0.717) is 23.4 Å². The highest BCUT2D eigenvalue weighted by Gasteiger charge is 2.22. The molecule has 0 radical (unpaired) electrons. The summed E-state index contributed by atoms with van der Waals surface area (Å²) in [5.74, 6) is -1.74. The number of hydrogen-bond acceptors (Lipinski definition) is 3. The van der Waals surface area contributed by atoms with Gasteiger partial charge in [0.2, 0.25) is 0 Å². The average Bonchev–Trinajstić information content (AvgIpc) is 2.80. The molecule has 0 spiro atoms. The number of fused-ring (bicyclic) bond motifs is 1. The fraction of sp³-hybridized carbons (Fsp3) is 0.500. The lowest BCUT2D eigenvalue weighted by atomic mass is 10.2. The summed E-state index contributed by atoms with van der Waals surface area (Å²) in [6, 6.07) is 2.60. The van der Waals surface area contributed by atoms with Gasteiger partial charge in [-0.1, -0.05) is 6.92 Å². The van der Waals surface area contributed by atoms with E-state index in [-0.39, 0.29) is 11.6 Å². The average molecular weight is 313 g/mol. The first-order valence-electron chi connectivity index (χ1n) is 7.00. The van der Waals surface area contributed by atoms with Gasteiger partial charge in [-0.05, 0) is 30.9 Å². The lowest BCUT2D eigenvalue weighted by Gasteiger charge is -2.32. The molecule has 1 saturated heterocycles. The minimum Gasteiger partial charge on any atom is -0.374 e. The Bertz CT molecular complexity index is 712. The van der Waals surface area contributed by atoms with Crippen molar-refractivity contribution in [2.75, 3.05) is 26.2 Å². The van der Waals surface area contributed by atoms with Gasteiger partial charge in [-0.2, -0.15) is 0 Å². The van der Waals surface area contributed by atoms with E-state index in [2.05, 4.69) is 16.8 Å². The number of aromatic amines is 1. The molecule has 7 heteroatoms. The van der Waals surface area contributed by atoms with E-state index in [4.69, 9.17) is 17.0 Å². The molecule has 0 aliphatic carbocycles. The Morgan fingerprint density at radius 2 is 2.24 bits per heavy atom. The van der Waals surface area contributed by atoms with Crippen molar-refractivity contribution in [1.29, 1.82) is 0 Å². The van der Waals surface area contributed by atoms with Crippen molar-refractivity contribution in [3.63, 3.8) is 0 Å². The first kappa shape index (κ1) is 14.6. The van der Waals surface area contributed by atoms with Gasteiger partial charge in [0.1, 0.15) is 5.52 Å². The standard InChI is InChI=1S/C14H17F2N3OS/c1-2-18-5-6-20-9(7-18)8-19-13-11(17-14(19)21)4-3-10(15)12(13)16/h3-4,9H,2,5-8H2,1H3,(H,17,21). The van der Waals surface area contributed by atoms with E-state index < -0.39 is 11.6 Å². The summed E-state index contributed by atoms with van der Waals surface area (Å²) in [6.07, 6.45) is -0.0768. The van der Waals surface area contributed by atoms with Crippen LogP contribution >= 0.6 is 12.2 Å². The van der Waals surface area contributed by atoms with Gasteiger partial charge in [-0.3, -0.25) is 4.90 Å². The quantitative estimate of drug-likeness (QED) is 0.885. The van der Waals surface area contributed by atoms with E-state index >= 15 is 0 Å². The van der Waals surface area contributed by atoms with Crippen molar-refractivity contribution >= 4 is 23.3 Å². The molecule has 0 saturated carbocycles. The zero-order chi connectivity index (χ0) is 15.0. The SMILES string of the molecule is CCN1CCOC(Cn2c(=S)[nH]c3ccc(F)c(F)c32)C1. The third kappa shape index (κ3) is 2.73. The molecule has 1 unspecified atom stereocenters. The highest BCUT2D eigenvalue weighted by molar-refractivity contribution is 7.71. The third-order valence-electron chi connectivity index (χ3n) is 3.88. The molecular formula is C14H17F2N3OS. The minimum atomic E-state index is -0.872.